The molecule has 12 rings (SSSR count). The molecule has 3 amide bonds. The summed E-state index contributed by atoms with van der Waals surface area (Å²) in [6.45, 7) is 37.3. The van der Waals surface area contributed by atoms with E-state index in [1.54, 1.807) is 39.4 Å². The molecule has 3 saturated carbocycles. The van der Waals surface area contributed by atoms with Crippen molar-refractivity contribution in [1.29, 1.82) is 0 Å². The van der Waals surface area contributed by atoms with Gasteiger partial charge in [0.2, 0.25) is 17.7 Å². The van der Waals surface area contributed by atoms with Crippen LogP contribution >= 0.6 is 34.8 Å². The highest BCUT2D eigenvalue weighted by Crippen LogP contribution is 2.48. The Morgan fingerprint density at radius 3 is 1.50 bits per heavy atom. The number of likely N-dealkylation sites (tertiary alicyclic amines) is 2. The number of hydrogen-bond donors (Lipinski definition) is 2. The van der Waals surface area contributed by atoms with E-state index in [4.69, 9.17) is 97.5 Å². The van der Waals surface area contributed by atoms with Crippen LogP contribution in [0.2, 0.25) is 15.1 Å². The minimum atomic E-state index is -0.916. The zero-order valence-electron chi connectivity index (χ0n) is 75.1. The summed E-state index contributed by atoms with van der Waals surface area (Å²) in [4.78, 5) is 109. The number of nitrogens with one attached hydrogen (secondary N) is 1. The number of hydrogen-bond acceptors (Lipinski definition) is 23. The number of esters is 3. The SMILES string of the molecule is C=C1CC[C@H](C(=O)OC(C)(C)C)C1.COC(=O)[C@@H]1C[C@]2(CC(c3cc(Cl)c(C)cc3OC)=NO2)CN1C(=O)[C@@H](NC(=O)CC1CCCCC1)C(C)(C)C.COO[C@@H]1C[C@]2(CC(c3cc(Cl)c(C)cc3OC)=NO2)CN1C(=O)[C@@H](C)C(C)(C)C.COc1cc(C)c(Cl)cc1C1=NO[C@]2(CC[C@H](C(=O)OC(C)(C)C)C2)C1.COc1cc(C)ccc1/C=N/O. The molecule has 26 nitrogen and oxygen atoms in total. The van der Waals surface area contributed by atoms with Gasteiger partial charge in [-0.15, -0.1) is 0 Å². The Morgan fingerprint density at radius 2 is 1.06 bits per heavy atom. The van der Waals surface area contributed by atoms with Gasteiger partial charge in [0.25, 0.3) is 0 Å². The second kappa shape index (κ2) is 41.2. The first-order valence-corrected chi connectivity index (χ1v) is 42.7. The van der Waals surface area contributed by atoms with Crippen molar-refractivity contribution in [1.82, 2.24) is 15.1 Å². The van der Waals surface area contributed by atoms with Gasteiger partial charge in [-0.3, -0.25) is 24.0 Å². The van der Waals surface area contributed by atoms with Crippen LogP contribution in [0, 0.1) is 62.2 Å². The van der Waals surface area contributed by atoms with E-state index < -0.39 is 52.1 Å². The van der Waals surface area contributed by atoms with Crippen LogP contribution in [-0.2, 0) is 67.3 Å². The molecule has 121 heavy (non-hydrogen) atoms. The molecule has 3 aliphatic carbocycles. The number of carbonyl (C=O) groups is 6. The predicted octanol–water partition coefficient (Wildman–Crippen LogP) is 18.3. The lowest BCUT2D eigenvalue weighted by Gasteiger charge is -2.35. The smallest absolute Gasteiger partial charge is 0.328 e. The van der Waals surface area contributed by atoms with E-state index >= 15 is 0 Å². The maximum Gasteiger partial charge on any atom is 0.328 e. The van der Waals surface area contributed by atoms with Gasteiger partial charge in [0.05, 0.1) is 90.9 Å². The van der Waals surface area contributed by atoms with E-state index in [1.807, 2.05) is 166 Å². The molecule has 4 aromatic carbocycles. The van der Waals surface area contributed by atoms with E-state index in [1.165, 1.54) is 37.3 Å². The van der Waals surface area contributed by atoms with Crippen molar-refractivity contribution in [3.63, 3.8) is 0 Å². The van der Waals surface area contributed by atoms with Gasteiger partial charge in [-0.25, -0.2) is 14.6 Å². The third-order valence-electron chi connectivity index (χ3n) is 23.2. The molecular formula is C92H128Cl3N7O19. The van der Waals surface area contributed by atoms with Crippen LogP contribution in [0.15, 0.2) is 87.4 Å². The normalized spacial score (nSPS) is 23.0. The Bertz CT molecular complexity index is 4510. The summed E-state index contributed by atoms with van der Waals surface area (Å²) in [6, 6.07) is 15.1. The van der Waals surface area contributed by atoms with Gasteiger partial charge < -0.3 is 68.0 Å². The molecule has 5 heterocycles. The fourth-order valence-electron chi connectivity index (χ4n) is 16.1. The number of allylic oxidation sites excluding steroid dienone is 1. The number of nitrogens with zero attached hydrogens (tertiary/aromatic N) is 6. The highest BCUT2D eigenvalue weighted by Gasteiger charge is 2.58. The van der Waals surface area contributed by atoms with Crippen molar-refractivity contribution in [2.45, 2.75) is 273 Å². The summed E-state index contributed by atoms with van der Waals surface area (Å²) >= 11 is 19.0. The first-order valence-electron chi connectivity index (χ1n) is 41.6. The second-order valence-corrected chi connectivity index (χ2v) is 38.5. The van der Waals surface area contributed by atoms with Crippen LogP contribution in [0.25, 0.3) is 0 Å². The van der Waals surface area contributed by atoms with E-state index in [-0.39, 0.29) is 71.4 Å². The highest BCUT2D eigenvalue weighted by atomic mass is 35.5. The number of halogens is 3. The maximum atomic E-state index is 14.1. The highest BCUT2D eigenvalue weighted by molar-refractivity contribution is 6.33. The van der Waals surface area contributed by atoms with Crippen molar-refractivity contribution in [3.8, 4) is 23.0 Å². The van der Waals surface area contributed by atoms with Gasteiger partial charge in [0.15, 0.2) is 17.4 Å². The molecule has 9 atom stereocenters. The predicted molar refractivity (Wildman–Crippen MR) is 467 cm³/mol. The number of rotatable bonds is 18. The summed E-state index contributed by atoms with van der Waals surface area (Å²) in [7, 11) is 9.16. The van der Waals surface area contributed by atoms with Crippen LogP contribution in [0.1, 0.15) is 244 Å². The summed E-state index contributed by atoms with van der Waals surface area (Å²) in [5, 5.41) is 29.2. The Morgan fingerprint density at radius 1 is 0.587 bits per heavy atom. The summed E-state index contributed by atoms with van der Waals surface area (Å²) in [6.07, 6.45) is 13.8. The lowest BCUT2D eigenvalue weighted by Crippen LogP contribution is -2.57. The molecule has 3 spiro atoms. The second-order valence-electron chi connectivity index (χ2n) is 37.3. The lowest BCUT2D eigenvalue weighted by molar-refractivity contribution is -0.326. The molecular weight excluding hydrogens is 1610 g/mol. The molecule has 5 fully saturated rings. The van der Waals surface area contributed by atoms with E-state index in [9.17, 15) is 28.8 Å². The molecule has 5 aliphatic heterocycles. The van der Waals surface area contributed by atoms with E-state index in [0.717, 1.165) is 114 Å². The van der Waals surface area contributed by atoms with E-state index in [0.29, 0.717) is 94.6 Å². The van der Waals surface area contributed by atoms with Gasteiger partial charge in [-0.05, 0) is 202 Å². The first-order chi connectivity index (χ1) is 56.7. The fraction of sp³-hybridized carbons (Fsp3) is 0.609. The zero-order chi connectivity index (χ0) is 89.7. The number of carbonyl (C=O) groups excluding carboxylic acids is 6. The van der Waals surface area contributed by atoms with Gasteiger partial charge in [-0.2, -0.15) is 0 Å². The molecule has 2 saturated heterocycles. The molecule has 29 heteroatoms. The molecule has 4 aromatic rings. The van der Waals surface area contributed by atoms with Crippen LogP contribution in [0.3, 0.4) is 0 Å². The molecule has 0 unspecified atom stereocenters. The summed E-state index contributed by atoms with van der Waals surface area (Å²) < 4.78 is 37.6. The Balaban J connectivity index is 0.000000200. The summed E-state index contributed by atoms with van der Waals surface area (Å²) in [5.74, 6) is 1.63. The van der Waals surface area contributed by atoms with Gasteiger partial charge in [0, 0.05) is 88.2 Å². The number of ether oxygens (including phenoxy) is 7. The van der Waals surface area contributed by atoms with Gasteiger partial charge >= 0.3 is 17.9 Å². The molecule has 8 aliphatic rings. The zero-order valence-corrected chi connectivity index (χ0v) is 77.3. The molecule has 2 N–H and O–H groups in total. The molecule has 666 valence electrons. The molecule has 0 bridgehead atoms. The number of aryl methyl sites for hydroxylation is 4. The van der Waals surface area contributed by atoms with Crippen LogP contribution in [0.4, 0.5) is 0 Å². The minimum absolute atomic E-state index is 0.00874. The molecule has 0 aromatic heterocycles. The van der Waals surface area contributed by atoms with Gasteiger partial charge in [-0.1, -0.05) is 141 Å². The minimum Gasteiger partial charge on any atom is -0.496 e. The van der Waals surface area contributed by atoms with Crippen LogP contribution in [-0.4, -0.2) is 176 Å². The van der Waals surface area contributed by atoms with E-state index in [2.05, 4.69) is 32.5 Å². The van der Waals surface area contributed by atoms with Gasteiger partial charge in [0.1, 0.15) is 51.9 Å². The lowest BCUT2D eigenvalue weighted by atomic mass is 9.81. The summed E-state index contributed by atoms with van der Waals surface area (Å²) in [5.41, 5.74) is 6.73. The van der Waals surface area contributed by atoms with Crippen LogP contribution in [0.5, 0.6) is 23.0 Å². The average molecular weight is 1740 g/mol. The van der Waals surface area contributed by atoms with Crippen LogP contribution < -0.4 is 24.3 Å². The largest absolute Gasteiger partial charge is 0.496 e. The van der Waals surface area contributed by atoms with Crippen molar-refractivity contribution in [2.75, 3.05) is 55.7 Å². The number of methoxy groups -OCH3 is 5. The average Bonchev–Trinajstić information content (AvgIpc) is 1.61. The number of benzene rings is 4. The fourth-order valence-corrected chi connectivity index (χ4v) is 16.6. The quantitative estimate of drug-likeness (QED) is 0.0178. The Hall–Kier alpha value is -8.69. The van der Waals surface area contributed by atoms with Crippen molar-refractivity contribution in [3.05, 3.63) is 126 Å². The number of oxime groups is 4. The third-order valence-corrected chi connectivity index (χ3v) is 24.4. The monoisotopic (exact) mass is 1740 g/mol. The van der Waals surface area contributed by atoms with Crippen molar-refractivity contribution in [2.24, 2.45) is 55.1 Å². The number of amides is 3. The standard InChI is InChI=1S/C30H42ClN3O6.C22H31ClN2O5.C20H26ClNO4.C11H18O2.C9H11NO2/c1-18-12-24(38-5)20(14-21(18)31)22-15-30(40-33-22)16-23(28(37)39-6)34(17-30)27(36)26(29(2,3)4)32-25(35)13-19-10-8-7-9-11-19;1-13-8-18(27-6)15(9-16(13)23)17-10-22(30-24-17)11-19(29-28-7)25(12-22)20(26)14(2)21(3,4)5;1-12-8-17(24-5)14(9-15(12)21)16-11-20(26-22-16)7-6-13(10-20)18(23)25-19(2,3)4;1-8-5-6-9(7-8)10(12)13-11(2,3)4;1-7-3-4-8(6-10-11)9(5-7)12-2/h12,14,19,23,26H,7-11,13,15-17H2,1-6H3,(H,32,35);8-9,14,19H,10-12H2,1-7H3;8-9,13H,6-7,10-11H2,1-5H3;9H,1,5-7H2,2-4H3;3-6,11H,1-2H3/b;;;;10-6+/t23-,26+,30+;14-,19-,22-;13-,20-;9-;/m0100./s1. The van der Waals surface area contributed by atoms with Crippen molar-refractivity contribution < 1.29 is 91.4 Å². The Labute approximate surface area is 729 Å². The topological polar surface area (TPSA) is 301 Å². The first kappa shape index (κ1) is 97.8. The molecule has 0 radical (unpaired) electrons. The Kier molecular flexibility index (Phi) is 33.3. The van der Waals surface area contributed by atoms with Crippen molar-refractivity contribution >= 4 is 93.8 Å². The maximum absolute atomic E-state index is 14.1. The third kappa shape index (κ3) is 25.7.